The fourth-order valence-corrected chi connectivity index (χ4v) is 2.58. The molecule has 0 aliphatic heterocycles. The van der Waals surface area contributed by atoms with Crippen LogP contribution in [-0.2, 0) is 24.9 Å². The molecule has 12 nitrogen and oxygen atoms in total. The number of anilines is 1. The van der Waals surface area contributed by atoms with Gasteiger partial charge >= 0.3 is 5.69 Å². The molecule has 3 aromatic rings. The molecule has 0 saturated heterocycles. The number of nitrogens with zero attached hydrogens (tertiary/aromatic N) is 5. The van der Waals surface area contributed by atoms with E-state index in [9.17, 15) is 19.7 Å². The molecule has 3 aromatic heterocycles. The van der Waals surface area contributed by atoms with Crippen LogP contribution in [0.5, 0.6) is 0 Å². The molecule has 2 amide bonds. The van der Waals surface area contributed by atoms with Gasteiger partial charge in [-0.1, -0.05) is 6.92 Å². The molecule has 1 unspecified atom stereocenters. The van der Waals surface area contributed by atoms with Crippen molar-refractivity contribution in [3.63, 3.8) is 0 Å². The smallest absolute Gasteiger partial charge is 0.306 e. The molecule has 0 saturated carbocycles. The van der Waals surface area contributed by atoms with Crippen molar-refractivity contribution in [3.05, 3.63) is 58.6 Å². The highest BCUT2D eigenvalue weighted by atomic mass is 16.6. The summed E-state index contributed by atoms with van der Waals surface area (Å²) in [7, 11) is 1.63. The summed E-state index contributed by atoms with van der Waals surface area (Å²) in [6.07, 6.45) is 5.39. The summed E-state index contributed by atoms with van der Waals surface area (Å²) in [6.45, 7) is 1.97. The van der Waals surface area contributed by atoms with Crippen LogP contribution >= 0.6 is 0 Å². The van der Waals surface area contributed by atoms with E-state index in [4.69, 9.17) is 4.42 Å². The van der Waals surface area contributed by atoms with E-state index in [1.807, 2.05) is 0 Å². The van der Waals surface area contributed by atoms with Gasteiger partial charge in [-0.2, -0.15) is 10.2 Å². The molecule has 0 spiro atoms. The van der Waals surface area contributed by atoms with Gasteiger partial charge in [0.25, 0.3) is 5.91 Å². The molecular formula is C17H19N7O5. The van der Waals surface area contributed by atoms with Crippen LogP contribution < -0.4 is 10.6 Å². The first-order chi connectivity index (χ1) is 13.8. The minimum Gasteiger partial charge on any atom is -0.467 e. The second kappa shape index (κ2) is 8.37. The predicted molar refractivity (Wildman–Crippen MR) is 99.8 cm³/mol. The predicted octanol–water partition coefficient (Wildman–Crippen LogP) is 1.32. The van der Waals surface area contributed by atoms with Crippen molar-refractivity contribution < 1.29 is 18.9 Å². The van der Waals surface area contributed by atoms with Gasteiger partial charge in [-0.3, -0.25) is 29.1 Å². The topological polar surface area (TPSA) is 150 Å². The number of nitro groups is 1. The fraction of sp³-hybridized carbons (Fsp3) is 0.294. The third kappa shape index (κ3) is 4.86. The molecule has 0 aliphatic carbocycles. The number of hydrogen-bond donors (Lipinski definition) is 2. The lowest BCUT2D eigenvalue weighted by Crippen LogP contribution is -2.27. The monoisotopic (exact) mass is 401 g/mol. The SMILES string of the molecule is CC(Cn1cc([N+](=O)[O-])cn1)C(=O)Nc1cn(C)nc1C(=O)NCc1ccco1. The molecule has 3 heterocycles. The van der Waals surface area contributed by atoms with Crippen molar-refractivity contribution in [1.82, 2.24) is 24.9 Å². The zero-order valence-corrected chi connectivity index (χ0v) is 15.7. The summed E-state index contributed by atoms with van der Waals surface area (Å²) in [6, 6.07) is 3.44. The summed E-state index contributed by atoms with van der Waals surface area (Å²) in [5.41, 5.74) is 0.169. The second-order valence-electron chi connectivity index (χ2n) is 6.40. The van der Waals surface area contributed by atoms with Gasteiger partial charge in [-0.15, -0.1) is 0 Å². The largest absolute Gasteiger partial charge is 0.467 e. The lowest BCUT2D eigenvalue weighted by molar-refractivity contribution is -0.385. The van der Waals surface area contributed by atoms with E-state index in [0.29, 0.717) is 5.76 Å². The second-order valence-corrected chi connectivity index (χ2v) is 6.40. The highest BCUT2D eigenvalue weighted by molar-refractivity contribution is 6.02. The number of furan rings is 1. The van der Waals surface area contributed by atoms with Crippen LogP contribution in [0.1, 0.15) is 23.2 Å². The molecule has 0 aromatic carbocycles. The summed E-state index contributed by atoms with van der Waals surface area (Å²) >= 11 is 0. The summed E-state index contributed by atoms with van der Waals surface area (Å²) in [4.78, 5) is 35.1. The van der Waals surface area contributed by atoms with E-state index in [1.165, 1.54) is 28.0 Å². The van der Waals surface area contributed by atoms with Crippen molar-refractivity contribution in [2.24, 2.45) is 13.0 Å². The molecule has 2 N–H and O–H groups in total. The molecule has 152 valence electrons. The van der Waals surface area contributed by atoms with Gasteiger partial charge in [0.15, 0.2) is 5.69 Å². The Balaban J connectivity index is 1.63. The number of hydrogen-bond acceptors (Lipinski definition) is 7. The maximum atomic E-state index is 12.5. The third-order valence-electron chi connectivity index (χ3n) is 4.04. The molecule has 29 heavy (non-hydrogen) atoms. The summed E-state index contributed by atoms with van der Waals surface area (Å²) in [5.74, 6) is -0.820. The Kier molecular flexibility index (Phi) is 5.71. The number of aryl methyl sites for hydroxylation is 1. The van der Waals surface area contributed by atoms with Gasteiger partial charge in [0, 0.05) is 13.2 Å². The highest BCUT2D eigenvalue weighted by Crippen LogP contribution is 2.16. The van der Waals surface area contributed by atoms with E-state index < -0.39 is 16.7 Å². The molecule has 0 bridgehead atoms. The Morgan fingerprint density at radius 1 is 1.38 bits per heavy atom. The fourth-order valence-electron chi connectivity index (χ4n) is 2.58. The molecule has 12 heteroatoms. The first-order valence-corrected chi connectivity index (χ1v) is 8.65. The maximum absolute atomic E-state index is 12.5. The zero-order chi connectivity index (χ0) is 21.0. The number of amides is 2. The Hall–Kier alpha value is -3.96. The maximum Gasteiger partial charge on any atom is 0.306 e. The van der Waals surface area contributed by atoms with Crippen LogP contribution in [0.3, 0.4) is 0 Å². The number of aromatic nitrogens is 4. The Labute approximate surface area is 164 Å². The van der Waals surface area contributed by atoms with Crippen LogP contribution in [0.25, 0.3) is 0 Å². The molecular weight excluding hydrogens is 382 g/mol. The first kappa shape index (κ1) is 19.8. The van der Waals surface area contributed by atoms with Gasteiger partial charge in [0.05, 0.1) is 35.9 Å². The van der Waals surface area contributed by atoms with Crippen molar-refractivity contribution in [2.45, 2.75) is 20.0 Å². The normalized spacial score (nSPS) is 11.8. The summed E-state index contributed by atoms with van der Waals surface area (Å²) in [5, 5.41) is 24.0. The molecule has 3 rings (SSSR count). The molecule has 0 fully saturated rings. The van der Waals surface area contributed by atoms with E-state index >= 15 is 0 Å². The van der Waals surface area contributed by atoms with Gasteiger partial charge in [-0.05, 0) is 12.1 Å². The average Bonchev–Trinajstić information content (AvgIpc) is 3.41. The van der Waals surface area contributed by atoms with Gasteiger partial charge in [0.1, 0.15) is 18.2 Å². The number of carbonyl (C=O) groups excluding carboxylic acids is 2. The molecule has 0 radical (unpaired) electrons. The van der Waals surface area contributed by atoms with Crippen LogP contribution in [-0.4, -0.2) is 36.3 Å². The van der Waals surface area contributed by atoms with Gasteiger partial charge in [0.2, 0.25) is 5.91 Å². The first-order valence-electron chi connectivity index (χ1n) is 8.65. The Bertz CT molecular complexity index is 1020. The van der Waals surface area contributed by atoms with E-state index in [1.54, 1.807) is 26.1 Å². The van der Waals surface area contributed by atoms with Crippen LogP contribution in [0.4, 0.5) is 11.4 Å². The van der Waals surface area contributed by atoms with E-state index in [-0.39, 0.29) is 36.1 Å². The summed E-state index contributed by atoms with van der Waals surface area (Å²) < 4.78 is 7.90. The number of rotatable bonds is 8. The van der Waals surface area contributed by atoms with Crippen molar-refractivity contribution in [1.29, 1.82) is 0 Å². The van der Waals surface area contributed by atoms with Crippen LogP contribution in [0, 0.1) is 16.0 Å². The minimum absolute atomic E-state index is 0.0642. The van der Waals surface area contributed by atoms with Gasteiger partial charge < -0.3 is 15.1 Å². The van der Waals surface area contributed by atoms with Crippen molar-refractivity contribution in [2.75, 3.05) is 5.32 Å². The van der Waals surface area contributed by atoms with Gasteiger partial charge in [-0.25, -0.2) is 0 Å². The van der Waals surface area contributed by atoms with Crippen LogP contribution in [0.2, 0.25) is 0 Å². The average molecular weight is 401 g/mol. The lowest BCUT2D eigenvalue weighted by atomic mass is 10.1. The van der Waals surface area contributed by atoms with E-state index in [2.05, 4.69) is 20.8 Å². The third-order valence-corrected chi connectivity index (χ3v) is 4.04. The van der Waals surface area contributed by atoms with E-state index in [0.717, 1.165) is 6.20 Å². The highest BCUT2D eigenvalue weighted by Gasteiger charge is 2.22. The standard InChI is InChI=1S/C17H19N7O5/c1-11(8-23-9-12(6-19-23)24(27)28)16(25)20-14-10-22(2)21-15(14)17(26)18-7-13-4-3-5-29-13/h3-6,9-11H,7-8H2,1-2H3,(H,18,26)(H,20,25). The molecule has 1 atom stereocenters. The van der Waals surface area contributed by atoms with Crippen molar-refractivity contribution >= 4 is 23.2 Å². The zero-order valence-electron chi connectivity index (χ0n) is 15.7. The quantitative estimate of drug-likeness (QED) is 0.427. The van der Waals surface area contributed by atoms with Crippen molar-refractivity contribution in [3.8, 4) is 0 Å². The number of nitrogens with one attached hydrogen (secondary N) is 2. The molecule has 0 aliphatic rings. The number of carbonyl (C=O) groups is 2. The Morgan fingerprint density at radius 2 is 2.17 bits per heavy atom. The van der Waals surface area contributed by atoms with Crippen LogP contribution in [0.15, 0.2) is 41.4 Å². The lowest BCUT2D eigenvalue weighted by Gasteiger charge is -2.12. The minimum atomic E-state index is -0.561. The Morgan fingerprint density at radius 3 is 2.83 bits per heavy atom.